The van der Waals surface area contributed by atoms with Gasteiger partial charge in [0.25, 0.3) is 12.3 Å². The number of hydrogen-bond donors (Lipinski definition) is 1. The highest BCUT2D eigenvalue weighted by Gasteiger charge is 2.40. The molecule has 1 aromatic carbocycles. The molecule has 2 fully saturated rings. The van der Waals surface area contributed by atoms with E-state index in [9.17, 15) is 18.4 Å². The van der Waals surface area contributed by atoms with E-state index < -0.39 is 18.5 Å². The Morgan fingerprint density at radius 2 is 2.12 bits per heavy atom. The Hall–Kier alpha value is -3.59. The molecule has 3 aliphatic heterocycles. The van der Waals surface area contributed by atoms with Crippen molar-refractivity contribution in [3.8, 4) is 17.1 Å². The zero-order valence-electron chi connectivity index (χ0n) is 17.9. The Morgan fingerprint density at radius 3 is 2.85 bits per heavy atom. The minimum atomic E-state index is -2.73. The van der Waals surface area contributed by atoms with E-state index in [1.807, 2.05) is 30.0 Å². The van der Waals surface area contributed by atoms with Gasteiger partial charge in [-0.3, -0.25) is 9.69 Å². The summed E-state index contributed by atoms with van der Waals surface area (Å²) in [6.07, 6.45) is -0.264. The first-order chi connectivity index (χ1) is 15.9. The number of hydrogen-bond acceptors (Lipinski definition) is 7. The van der Waals surface area contributed by atoms with Crippen LogP contribution in [0.4, 0.5) is 20.3 Å². The van der Waals surface area contributed by atoms with Gasteiger partial charge in [0, 0.05) is 24.5 Å². The van der Waals surface area contributed by atoms with Crippen molar-refractivity contribution in [3.63, 3.8) is 0 Å². The number of carbonyl (C=O) groups is 1. The van der Waals surface area contributed by atoms with Gasteiger partial charge in [-0.05, 0) is 24.5 Å². The average molecular weight is 459 g/mol. The topological polar surface area (TPSA) is 103 Å². The molecule has 0 aliphatic carbocycles. The number of benzene rings is 1. The maximum atomic E-state index is 13.5. The minimum absolute atomic E-state index is 0.147. The number of anilines is 2. The van der Waals surface area contributed by atoms with Crippen LogP contribution in [0.3, 0.4) is 0 Å². The number of fused-ring (bicyclic) bond motifs is 3. The van der Waals surface area contributed by atoms with E-state index in [0.717, 1.165) is 17.0 Å². The summed E-state index contributed by atoms with van der Waals surface area (Å²) >= 11 is 0. The highest BCUT2D eigenvalue weighted by atomic mass is 19.3. The molecule has 11 heteroatoms. The summed E-state index contributed by atoms with van der Waals surface area (Å²) in [5, 5.41) is 0. The quantitative estimate of drug-likeness (QED) is 0.696. The van der Waals surface area contributed by atoms with E-state index in [2.05, 4.69) is 4.98 Å². The summed E-state index contributed by atoms with van der Waals surface area (Å²) in [7, 11) is 0. The molecule has 0 saturated carbocycles. The van der Waals surface area contributed by atoms with Crippen molar-refractivity contribution in [2.45, 2.75) is 38.4 Å². The SMILES string of the molecule is C[C@@H]1CCN(c2ccc3c(c2)OCCn2cc(N4C(=C=O)OC[C@H]4C(F)F)nc2-3)[C@@H]1C(N)=O. The Labute approximate surface area is 188 Å². The Kier molecular flexibility index (Phi) is 5.20. The van der Waals surface area contributed by atoms with E-state index in [1.54, 1.807) is 16.7 Å². The van der Waals surface area contributed by atoms with Crippen molar-refractivity contribution < 1.29 is 27.8 Å². The molecule has 4 heterocycles. The molecule has 174 valence electrons. The van der Waals surface area contributed by atoms with Crippen LogP contribution in [0.25, 0.3) is 11.4 Å². The molecule has 33 heavy (non-hydrogen) atoms. The van der Waals surface area contributed by atoms with Crippen molar-refractivity contribution in [1.29, 1.82) is 0 Å². The third-order valence-corrected chi connectivity index (χ3v) is 6.45. The summed E-state index contributed by atoms with van der Waals surface area (Å²) in [5.41, 5.74) is 7.13. The van der Waals surface area contributed by atoms with Gasteiger partial charge in [0.05, 0.1) is 12.1 Å². The summed E-state index contributed by atoms with van der Waals surface area (Å²) in [4.78, 5) is 30.9. The van der Waals surface area contributed by atoms with Crippen molar-refractivity contribution in [3.05, 3.63) is 30.3 Å². The highest BCUT2D eigenvalue weighted by molar-refractivity contribution is 5.85. The number of halogens is 2. The third-order valence-electron chi connectivity index (χ3n) is 6.45. The largest absolute Gasteiger partial charge is 0.491 e. The van der Waals surface area contributed by atoms with Crippen molar-refractivity contribution in [2.24, 2.45) is 11.7 Å². The van der Waals surface area contributed by atoms with Gasteiger partial charge >= 0.3 is 0 Å². The lowest BCUT2D eigenvalue weighted by molar-refractivity contribution is -0.119. The molecule has 2 aromatic rings. The lowest BCUT2D eigenvalue weighted by Crippen LogP contribution is -2.43. The first kappa shape index (κ1) is 21.3. The third kappa shape index (κ3) is 3.48. The second kappa shape index (κ2) is 8.08. The monoisotopic (exact) mass is 459 g/mol. The molecule has 9 nitrogen and oxygen atoms in total. The molecule has 0 spiro atoms. The number of carbonyl (C=O) groups excluding carboxylic acids is 2. The van der Waals surface area contributed by atoms with Gasteiger partial charge in [-0.1, -0.05) is 6.92 Å². The summed E-state index contributed by atoms with van der Waals surface area (Å²) in [5.74, 6) is 2.34. The standard InChI is InChI=1S/C22H23F2N5O4/c1-12-4-5-28(19(12)21(25)31)13-2-3-14-16(8-13)32-7-6-27-9-17(26-22(14)27)29-15(20(23)24)11-33-18(29)10-30/h2-3,8-9,12,15,19-20H,4-7,11H2,1H3,(H2,25,31)/t12-,15+,19+/m1/s1. The zero-order chi connectivity index (χ0) is 23.3. The number of nitrogens with two attached hydrogens (primary N) is 1. The zero-order valence-corrected chi connectivity index (χ0v) is 17.9. The first-order valence-electron chi connectivity index (χ1n) is 10.7. The van der Waals surface area contributed by atoms with Crippen LogP contribution >= 0.6 is 0 Å². The predicted molar refractivity (Wildman–Crippen MR) is 115 cm³/mol. The van der Waals surface area contributed by atoms with E-state index >= 15 is 0 Å². The van der Waals surface area contributed by atoms with Gasteiger partial charge in [-0.2, -0.15) is 0 Å². The van der Waals surface area contributed by atoms with Crippen LogP contribution in [0, 0.1) is 5.92 Å². The van der Waals surface area contributed by atoms with Gasteiger partial charge < -0.3 is 24.7 Å². The van der Waals surface area contributed by atoms with Crippen molar-refractivity contribution in [2.75, 3.05) is 29.6 Å². The average Bonchev–Trinajstić information content (AvgIpc) is 3.47. The maximum Gasteiger partial charge on any atom is 0.284 e. The Balaban J connectivity index is 1.52. The fraction of sp³-hybridized carbons (Fsp3) is 0.455. The molecule has 0 unspecified atom stereocenters. The molecule has 3 atom stereocenters. The molecule has 2 saturated heterocycles. The van der Waals surface area contributed by atoms with Gasteiger partial charge in [0.2, 0.25) is 5.91 Å². The fourth-order valence-electron chi connectivity index (χ4n) is 4.82. The Bertz CT molecular complexity index is 1150. The second-order valence-corrected chi connectivity index (χ2v) is 8.44. The number of rotatable bonds is 4. The number of primary amides is 1. The number of ether oxygens (including phenoxy) is 2. The normalized spacial score (nSPS) is 24.1. The molecular weight excluding hydrogens is 436 g/mol. The van der Waals surface area contributed by atoms with Gasteiger partial charge in [0.15, 0.2) is 11.8 Å². The maximum absolute atomic E-state index is 13.5. The van der Waals surface area contributed by atoms with E-state index in [0.29, 0.717) is 36.8 Å². The molecule has 2 N–H and O–H groups in total. The molecule has 0 radical (unpaired) electrons. The van der Waals surface area contributed by atoms with E-state index in [1.165, 1.54) is 0 Å². The van der Waals surface area contributed by atoms with Crippen LogP contribution < -0.4 is 20.3 Å². The lowest BCUT2D eigenvalue weighted by Gasteiger charge is -2.27. The van der Waals surface area contributed by atoms with E-state index in [-0.39, 0.29) is 30.1 Å². The molecule has 1 amide bonds. The van der Waals surface area contributed by atoms with Crippen LogP contribution in [0.1, 0.15) is 13.3 Å². The van der Waals surface area contributed by atoms with Crippen LogP contribution in [-0.2, 0) is 20.9 Å². The van der Waals surface area contributed by atoms with Crippen molar-refractivity contribution in [1.82, 2.24) is 9.55 Å². The molecular formula is C22H23F2N5O4. The number of amides is 1. The predicted octanol–water partition coefficient (Wildman–Crippen LogP) is 1.79. The van der Waals surface area contributed by atoms with Crippen LogP contribution in [0.15, 0.2) is 30.3 Å². The molecule has 0 bridgehead atoms. The number of aromatic nitrogens is 2. The Morgan fingerprint density at radius 1 is 1.30 bits per heavy atom. The molecule has 1 aromatic heterocycles. The number of alkyl halides is 2. The molecule has 5 rings (SSSR count). The fourth-order valence-corrected chi connectivity index (χ4v) is 4.82. The van der Waals surface area contributed by atoms with Crippen molar-refractivity contribution >= 4 is 23.4 Å². The lowest BCUT2D eigenvalue weighted by atomic mass is 10.0. The number of nitrogens with zero attached hydrogens (tertiary/aromatic N) is 4. The smallest absolute Gasteiger partial charge is 0.284 e. The number of imidazole rings is 1. The van der Waals surface area contributed by atoms with Gasteiger partial charge in [-0.15, -0.1) is 0 Å². The highest BCUT2D eigenvalue weighted by Crippen LogP contribution is 2.40. The second-order valence-electron chi connectivity index (χ2n) is 8.44. The van der Waals surface area contributed by atoms with Crippen LogP contribution in [0.2, 0.25) is 0 Å². The summed E-state index contributed by atoms with van der Waals surface area (Å²) in [6, 6.07) is 3.85. The summed E-state index contributed by atoms with van der Waals surface area (Å²) < 4.78 is 39.9. The minimum Gasteiger partial charge on any atom is -0.491 e. The first-order valence-corrected chi connectivity index (χ1v) is 10.7. The van der Waals surface area contributed by atoms with Gasteiger partial charge in [0.1, 0.15) is 36.9 Å². The van der Waals surface area contributed by atoms with Gasteiger partial charge in [-0.25, -0.2) is 18.6 Å². The van der Waals surface area contributed by atoms with E-state index in [4.69, 9.17) is 15.2 Å². The van der Waals surface area contributed by atoms with Crippen LogP contribution in [0.5, 0.6) is 5.75 Å². The van der Waals surface area contributed by atoms with Crippen LogP contribution in [-0.4, -0.2) is 59.7 Å². The summed E-state index contributed by atoms with van der Waals surface area (Å²) in [6.45, 7) is 3.16. The molecule has 3 aliphatic rings.